The summed E-state index contributed by atoms with van der Waals surface area (Å²) >= 11 is 11.8. The molecule has 0 aliphatic carbocycles. The van der Waals surface area contributed by atoms with E-state index < -0.39 is 0 Å². The van der Waals surface area contributed by atoms with Crippen molar-refractivity contribution in [1.82, 2.24) is 9.97 Å². The lowest BCUT2D eigenvalue weighted by Gasteiger charge is -2.12. The van der Waals surface area contributed by atoms with Crippen LogP contribution >= 0.6 is 23.2 Å². The number of rotatable bonds is 4. The monoisotopic (exact) mass is 297 g/mol. The average molecular weight is 298 g/mol. The van der Waals surface area contributed by atoms with E-state index in [1.165, 1.54) is 6.33 Å². The van der Waals surface area contributed by atoms with Gasteiger partial charge in [-0.3, -0.25) is 0 Å². The van der Waals surface area contributed by atoms with Crippen molar-refractivity contribution in [3.05, 3.63) is 34.6 Å². The van der Waals surface area contributed by atoms with Gasteiger partial charge in [-0.25, -0.2) is 9.97 Å². The third kappa shape index (κ3) is 3.19. The van der Waals surface area contributed by atoms with Crippen LogP contribution in [0.4, 0.5) is 23.0 Å². The molecule has 0 unspecified atom stereocenters. The fourth-order valence-corrected chi connectivity index (χ4v) is 1.81. The molecule has 4 N–H and O–H groups in total. The summed E-state index contributed by atoms with van der Waals surface area (Å²) in [7, 11) is 0. The van der Waals surface area contributed by atoms with Gasteiger partial charge in [-0.05, 0) is 25.1 Å². The number of benzene rings is 1. The van der Waals surface area contributed by atoms with Gasteiger partial charge in [0.1, 0.15) is 12.0 Å². The molecule has 5 nitrogen and oxygen atoms in total. The molecule has 7 heteroatoms. The van der Waals surface area contributed by atoms with Gasteiger partial charge in [0, 0.05) is 12.2 Å². The Kier molecular flexibility index (Phi) is 4.29. The van der Waals surface area contributed by atoms with Crippen molar-refractivity contribution < 1.29 is 0 Å². The summed E-state index contributed by atoms with van der Waals surface area (Å²) in [6.07, 6.45) is 1.44. The lowest BCUT2D eigenvalue weighted by atomic mass is 10.3. The molecular weight excluding hydrogens is 285 g/mol. The van der Waals surface area contributed by atoms with Crippen molar-refractivity contribution in [2.45, 2.75) is 6.92 Å². The van der Waals surface area contributed by atoms with E-state index in [1.54, 1.807) is 18.2 Å². The van der Waals surface area contributed by atoms with Gasteiger partial charge in [-0.15, -0.1) is 0 Å². The first kappa shape index (κ1) is 13.7. The summed E-state index contributed by atoms with van der Waals surface area (Å²) in [5.74, 6) is 1.12. The van der Waals surface area contributed by atoms with Crippen LogP contribution in [0.15, 0.2) is 24.5 Å². The Hall–Kier alpha value is -1.72. The van der Waals surface area contributed by atoms with Gasteiger partial charge in [-0.1, -0.05) is 23.2 Å². The fourth-order valence-electron chi connectivity index (χ4n) is 1.51. The van der Waals surface area contributed by atoms with E-state index in [2.05, 4.69) is 20.6 Å². The molecule has 0 saturated heterocycles. The second kappa shape index (κ2) is 5.95. The van der Waals surface area contributed by atoms with Crippen LogP contribution < -0.4 is 16.4 Å². The van der Waals surface area contributed by atoms with Crippen molar-refractivity contribution in [1.29, 1.82) is 0 Å². The number of nitrogens with two attached hydrogens (primary N) is 1. The standard InChI is InChI=1S/C12H13Cl2N5/c1-2-16-11-10(15)12(18-6-17-11)19-7-3-4-8(13)9(14)5-7/h3-6H,2,15H2,1H3,(H2,16,17,18,19). The molecule has 2 rings (SSSR count). The largest absolute Gasteiger partial charge is 0.393 e. The highest BCUT2D eigenvalue weighted by Crippen LogP contribution is 2.29. The second-order valence-corrected chi connectivity index (χ2v) is 4.58. The average Bonchev–Trinajstić information content (AvgIpc) is 2.39. The van der Waals surface area contributed by atoms with E-state index in [4.69, 9.17) is 28.9 Å². The molecule has 1 aromatic carbocycles. The Morgan fingerprint density at radius 3 is 2.58 bits per heavy atom. The van der Waals surface area contributed by atoms with E-state index in [0.717, 1.165) is 12.2 Å². The van der Waals surface area contributed by atoms with Crippen LogP contribution in [-0.4, -0.2) is 16.5 Å². The molecule has 0 fully saturated rings. The van der Waals surface area contributed by atoms with Crippen LogP contribution in [0.1, 0.15) is 6.92 Å². The molecule has 0 bridgehead atoms. The molecule has 0 amide bonds. The molecule has 0 aliphatic heterocycles. The number of nitrogen functional groups attached to an aromatic ring is 1. The smallest absolute Gasteiger partial charge is 0.159 e. The van der Waals surface area contributed by atoms with Crippen molar-refractivity contribution in [3.8, 4) is 0 Å². The molecule has 0 aliphatic rings. The molecule has 1 aromatic heterocycles. The van der Waals surface area contributed by atoms with Gasteiger partial charge in [0.25, 0.3) is 0 Å². The topological polar surface area (TPSA) is 75.9 Å². The molecule has 1 heterocycles. The van der Waals surface area contributed by atoms with Crippen LogP contribution in [0.5, 0.6) is 0 Å². The first-order valence-electron chi connectivity index (χ1n) is 5.68. The number of halogens is 2. The lowest BCUT2D eigenvalue weighted by molar-refractivity contribution is 1.12. The summed E-state index contributed by atoms with van der Waals surface area (Å²) in [6.45, 7) is 2.70. The van der Waals surface area contributed by atoms with Gasteiger partial charge in [0.05, 0.1) is 10.0 Å². The number of anilines is 4. The van der Waals surface area contributed by atoms with Crippen molar-refractivity contribution in [2.75, 3.05) is 22.9 Å². The molecule has 100 valence electrons. The molecule has 2 aromatic rings. The number of nitrogens with zero attached hydrogens (tertiary/aromatic N) is 2. The molecule has 0 atom stereocenters. The summed E-state index contributed by atoms with van der Waals surface area (Å²) in [4.78, 5) is 8.17. The third-order valence-electron chi connectivity index (χ3n) is 2.41. The normalized spacial score (nSPS) is 10.3. The first-order chi connectivity index (χ1) is 9.11. The van der Waals surface area contributed by atoms with Crippen molar-refractivity contribution in [2.24, 2.45) is 0 Å². The van der Waals surface area contributed by atoms with Gasteiger partial charge >= 0.3 is 0 Å². The third-order valence-corrected chi connectivity index (χ3v) is 3.15. The van der Waals surface area contributed by atoms with E-state index in [0.29, 0.717) is 27.4 Å². The minimum Gasteiger partial charge on any atom is -0.393 e. The highest BCUT2D eigenvalue weighted by atomic mass is 35.5. The summed E-state index contributed by atoms with van der Waals surface area (Å²) in [6, 6.07) is 5.20. The highest BCUT2D eigenvalue weighted by Gasteiger charge is 2.08. The SMILES string of the molecule is CCNc1ncnc(Nc2ccc(Cl)c(Cl)c2)c1N. The number of hydrogen-bond donors (Lipinski definition) is 3. The quantitative estimate of drug-likeness (QED) is 0.805. The highest BCUT2D eigenvalue weighted by molar-refractivity contribution is 6.42. The fraction of sp³-hybridized carbons (Fsp3) is 0.167. The van der Waals surface area contributed by atoms with Gasteiger partial charge in [0.2, 0.25) is 0 Å². The zero-order valence-electron chi connectivity index (χ0n) is 10.2. The van der Waals surface area contributed by atoms with Crippen LogP contribution in [-0.2, 0) is 0 Å². The number of aromatic nitrogens is 2. The molecule has 0 saturated carbocycles. The number of nitrogens with one attached hydrogen (secondary N) is 2. The van der Waals surface area contributed by atoms with Crippen molar-refractivity contribution in [3.63, 3.8) is 0 Å². The number of hydrogen-bond acceptors (Lipinski definition) is 5. The predicted molar refractivity (Wildman–Crippen MR) is 80.4 cm³/mol. The van der Waals surface area contributed by atoms with E-state index in [9.17, 15) is 0 Å². The first-order valence-corrected chi connectivity index (χ1v) is 6.43. The molecule has 0 radical (unpaired) electrons. The Morgan fingerprint density at radius 1 is 1.16 bits per heavy atom. The molecule has 0 spiro atoms. The minimum absolute atomic E-state index is 0.454. The Labute approximate surface area is 121 Å². The summed E-state index contributed by atoms with van der Waals surface area (Å²) in [5.41, 5.74) is 7.18. The Balaban J connectivity index is 2.27. The van der Waals surface area contributed by atoms with E-state index in [-0.39, 0.29) is 0 Å². The van der Waals surface area contributed by atoms with Gasteiger partial charge in [-0.2, -0.15) is 0 Å². The predicted octanol–water partition coefficient (Wildman–Crippen LogP) is 3.54. The van der Waals surface area contributed by atoms with E-state index >= 15 is 0 Å². The zero-order valence-corrected chi connectivity index (χ0v) is 11.8. The molecular formula is C12H13Cl2N5. The van der Waals surface area contributed by atoms with Gasteiger partial charge < -0.3 is 16.4 Å². The summed E-state index contributed by atoms with van der Waals surface area (Å²) < 4.78 is 0. The maximum atomic E-state index is 5.98. The molecule has 19 heavy (non-hydrogen) atoms. The van der Waals surface area contributed by atoms with Crippen LogP contribution in [0.25, 0.3) is 0 Å². The second-order valence-electron chi connectivity index (χ2n) is 3.77. The maximum absolute atomic E-state index is 5.98. The Morgan fingerprint density at radius 2 is 1.89 bits per heavy atom. The van der Waals surface area contributed by atoms with Crippen LogP contribution in [0.2, 0.25) is 10.0 Å². The van der Waals surface area contributed by atoms with Gasteiger partial charge in [0.15, 0.2) is 11.6 Å². The maximum Gasteiger partial charge on any atom is 0.159 e. The zero-order chi connectivity index (χ0) is 13.8. The Bertz CT molecular complexity index is 588. The van der Waals surface area contributed by atoms with Crippen LogP contribution in [0, 0.1) is 0 Å². The lowest BCUT2D eigenvalue weighted by Crippen LogP contribution is -2.07. The minimum atomic E-state index is 0.454. The van der Waals surface area contributed by atoms with Crippen molar-refractivity contribution >= 4 is 46.2 Å². The van der Waals surface area contributed by atoms with Crippen LogP contribution in [0.3, 0.4) is 0 Å². The summed E-state index contributed by atoms with van der Waals surface area (Å²) in [5, 5.41) is 7.10. The van der Waals surface area contributed by atoms with E-state index in [1.807, 2.05) is 6.92 Å².